The number of hydrogen-bond acceptors (Lipinski definition) is 4. The molecule has 5 rings (SSSR count). The van der Waals surface area contributed by atoms with Crippen LogP contribution in [0.1, 0.15) is 25.1 Å². The Morgan fingerprint density at radius 3 is 2.55 bits per heavy atom. The zero-order valence-electron chi connectivity index (χ0n) is 17.3. The minimum Gasteiger partial charge on any atom is -0.490 e. The second kappa shape index (κ2) is 7.79. The molecule has 3 unspecified atom stereocenters. The van der Waals surface area contributed by atoms with Crippen LogP contribution in [0.15, 0.2) is 48.7 Å². The number of hydrogen-bond donors (Lipinski definition) is 0. The van der Waals surface area contributed by atoms with Crippen LogP contribution in [0.5, 0.6) is 5.75 Å². The van der Waals surface area contributed by atoms with Crippen LogP contribution in [-0.2, 0) is 6.18 Å². The van der Waals surface area contributed by atoms with Crippen LogP contribution in [0.2, 0.25) is 0 Å². The largest absolute Gasteiger partial charge is 0.490 e. The third-order valence-corrected chi connectivity index (χ3v) is 6.53. The van der Waals surface area contributed by atoms with Gasteiger partial charge in [-0.1, -0.05) is 24.3 Å². The smallest absolute Gasteiger partial charge is 0.451 e. The van der Waals surface area contributed by atoms with Crippen molar-refractivity contribution < 1.29 is 17.9 Å². The van der Waals surface area contributed by atoms with Crippen LogP contribution in [0.25, 0.3) is 22.0 Å². The number of alkyl halides is 3. The number of nitrogens with zero attached hydrogens (tertiary/aromatic N) is 3. The predicted molar refractivity (Wildman–Crippen MR) is 113 cm³/mol. The predicted octanol–water partition coefficient (Wildman–Crippen LogP) is 5.42. The minimum absolute atomic E-state index is 0.243. The molecule has 1 aliphatic heterocycles. The fourth-order valence-corrected chi connectivity index (χ4v) is 5.03. The molecular formula is C24H24F3N3O. The van der Waals surface area contributed by atoms with Gasteiger partial charge in [0.25, 0.3) is 0 Å². The maximum Gasteiger partial charge on any atom is 0.451 e. The second-order valence-electron chi connectivity index (χ2n) is 8.72. The molecule has 3 atom stereocenters. The quantitative estimate of drug-likeness (QED) is 0.559. The van der Waals surface area contributed by atoms with Crippen LogP contribution in [0.3, 0.4) is 0 Å². The third kappa shape index (κ3) is 4.11. The lowest BCUT2D eigenvalue weighted by molar-refractivity contribution is -0.144. The van der Waals surface area contributed by atoms with Crippen molar-refractivity contribution in [1.82, 2.24) is 14.9 Å². The molecule has 0 radical (unpaired) electrons. The summed E-state index contributed by atoms with van der Waals surface area (Å²) in [5, 5.41) is 0.574. The lowest BCUT2D eigenvalue weighted by Crippen LogP contribution is -2.36. The summed E-state index contributed by atoms with van der Waals surface area (Å²) < 4.78 is 45.2. The highest BCUT2D eigenvalue weighted by Gasteiger charge is 2.40. The summed E-state index contributed by atoms with van der Waals surface area (Å²) in [7, 11) is 2.18. The van der Waals surface area contributed by atoms with Crippen LogP contribution in [-0.4, -0.2) is 41.1 Å². The van der Waals surface area contributed by atoms with Crippen molar-refractivity contribution in [2.24, 2.45) is 11.8 Å². The highest BCUT2D eigenvalue weighted by molar-refractivity contribution is 5.83. The monoisotopic (exact) mass is 427 g/mol. The summed E-state index contributed by atoms with van der Waals surface area (Å²) in [6, 6.07) is 13.1. The maximum absolute atomic E-state index is 12.9. The van der Waals surface area contributed by atoms with Crippen LogP contribution < -0.4 is 4.74 Å². The average Bonchev–Trinajstić information content (AvgIpc) is 3.14. The van der Waals surface area contributed by atoms with E-state index in [0.717, 1.165) is 42.3 Å². The molecule has 0 bridgehead atoms. The van der Waals surface area contributed by atoms with Crippen molar-refractivity contribution in [3.05, 3.63) is 54.5 Å². The van der Waals surface area contributed by atoms with E-state index in [-0.39, 0.29) is 11.6 Å². The van der Waals surface area contributed by atoms with E-state index < -0.39 is 12.0 Å². The number of ether oxygens (including phenoxy) is 1. The standard InChI is InChI=1S/C24H24F3N3O/c1-30-13-18-3-2-4-22(20(18)14-30)31-19-9-7-15(8-10-19)16-5-6-17-12-28-23(24(25,26)27)29-21(17)11-16/h5-12,18,20,22H,2-4,13-14H2,1H3. The molecule has 31 heavy (non-hydrogen) atoms. The molecule has 2 fully saturated rings. The normalized spacial score (nSPS) is 24.3. The Morgan fingerprint density at radius 2 is 1.77 bits per heavy atom. The van der Waals surface area contributed by atoms with Gasteiger partial charge in [-0.25, -0.2) is 9.97 Å². The van der Waals surface area contributed by atoms with Crippen molar-refractivity contribution >= 4 is 10.9 Å². The van der Waals surface area contributed by atoms with E-state index in [1.54, 1.807) is 12.1 Å². The Balaban J connectivity index is 1.35. The van der Waals surface area contributed by atoms with E-state index in [1.165, 1.54) is 19.0 Å². The Kier molecular flexibility index (Phi) is 5.08. The molecule has 0 amide bonds. The van der Waals surface area contributed by atoms with Crippen molar-refractivity contribution in [3.8, 4) is 16.9 Å². The molecule has 1 saturated heterocycles. The summed E-state index contributed by atoms with van der Waals surface area (Å²) in [6.07, 6.45) is 0.473. The van der Waals surface area contributed by atoms with Gasteiger partial charge < -0.3 is 9.64 Å². The fraction of sp³-hybridized carbons (Fsp3) is 0.417. The minimum atomic E-state index is -4.56. The molecule has 2 heterocycles. The van der Waals surface area contributed by atoms with Crippen molar-refractivity contribution in [2.45, 2.75) is 31.5 Å². The first-order valence-corrected chi connectivity index (χ1v) is 10.7. The first-order valence-electron chi connectivity index (χ1n) is 10.7. The molecule has 2 aliphatic rings. The summed E-state index contributed by atoms with van der Waals surface area (Å²) in [4.78, 5) is 9.52. The van der Waals surface area contributed by atoms with Crippen molar-refractivity contribution in [1.29, 1.82) is 0 Å². The molecule has 0 N–H and O–H groups in total. The van der Waals surface area contributed by atoms with E-state index >= 15 is 0 Å². The lowest BCUT2D eigenvalue weighted by Gasteiger charge is -2.33. The number of halogens is 3. The highest BCUT2D eigenvalue weighted by Crippen LogP contribution is 2.38. The van der Waals surface area contributed by atoms with Gasteiger partial charge in [0.05, 0.1) is 5.52 Å². The molecule has 1 saturated carbocycles. The zero-order chi connectivity index (χ0) is 21.6. The number of likely N-dealkylation sites (tertiary alicyclic amines) is 1. The van der Waals surface area contributed by atoms with Gasteiger partial charge in [0.1, 0.15) is 11.9 Å². The van der Waals surface area contributed by atoms with Gasteiger partial charge in [-0.15, -0.1) is 0 Å². The third-order valence-electron chi connectivity index (χ3n) is 6.53. The molecule has 4 nitrogen and oxygen atoms in total. The Hall–Kier alpha value is -2.67. The molecule has 1 aliphatic carbocycles. The van der Waals surface area contributed by atoms with Crippen LogP contribution >= 0.6 is 0 Å². The molecule has 162 valence electrons. The van der Waals surface area contributed by atoms with Gasteiger partial charge in [-0.3, -0.25) is 0 Å². The van der Waals surface area contributed by atoms with Gasteiger partial charge in [0.2, 0.25) is 5.82 Å². The average molecular weight is 427 g/mol. The zero-order valence-corrected chi connectivity index (χ0v) is 17.3. The van der Waals surface area contributed by atoms with Gasteiger partial charge in [0, 0.05) is 30.6 Å². The highest BCUT2D eigenvalue weighted by atomic mass is 19.4. The maximum atomic E-state index is 12.9. The number of fused-ring (bicyclic) bond motifs is 2. The van der Waals surface area contributed by atoms with Gasteiger partial charge in [0.15, 0.2) is 0 Å². The van der Waals surface area contributed by atoms with E-state index in [0.29, 0.717) is 11.3 Å². The van der Waals surface area contributed by atoms with Gasteiger partial charge in [-0.2, -0.15) is 13.2 Å². The van der Waals surface area contributed by atoms with Gasteiger partial charge >= 0.3 is 6.18 Å². The molecular weight excluding hydrogens is 403 g/mol. The number of aromatic nitrogens is 2. The summed E-state index contributed by atoms with van der Waals surface area (Å²) in [5.74, 6) is 1.03. The summed E-state index contributed by atoms with van der Waals surface area (Å²) in [5.41, 5.74) is 1.99. The number of rotatable bonds is 3. The summed E-state index contributed by atoms with van der Waals surface area (Å²) in [6.45, 7) is 2.25. The molecule has 2 aromatic carbocycles. The molecule has 7 heteroatoms. The first kappa shape index (κ1) is 20.2. The van der Waals surface area contributed by atoms with Crippen LogP contribution in [0, 0.1) is 11.8 Å². The van der Waals surface area contributed by atoms with Gasteiger partial charge in [-0.05, 0) is 61.6 Å². The topological polar surface area (TPSA) is 38.2 Å². The van der Waals surface area contributed by atoms with Crippen molar-refractivity contribution in [2.75, 3.05) is 20.1 Å². The van der Waals surface area contributed by atoms with E-state index in [4.69, 9.17) is 4.74 Å². The van der Waals surface area contributed by atoms with Crippen LogP contribution in [0.4, 0.5) is 13.2 Å². The Bertz CT molecular complexity index is 1080. The molecule has 1 aromatic heterocycles. The number of benzene rings is 2. The second-order valence-corrected chi connectivity index (χ2v) is 8.72. The van der Waals surface area contributed by atoms with Crippen molar-refractivity contribution in [3.63, 3.8) is 0 Å². The fourth-order valence-electron chi connectivity index (χ4n) is 5.03. The molecule has 0 spiro atoms. The first-order chi connectivity index (χ1) is 14.9. The Morgan fingerprint density at radius 1 is 1.00 bits per heavy atom. The Labute approximate surface area is 179 Å². The summed E-state index contributed by atoms with van der Waals surface area (Å²) >= 11 is 0. The molecule has 3 aromatic rings. The SMILES string of the molecule is CN1CC2CCCC(Oc3ccc(-c4ccc5cnc(C(F)(F)F)nc5c4)cc3)C2C1. The van der Waals surface area contributed by atoms with E-state index in [9.17, 15) is 13.2 Å². The lowest BCUT2D eigenvalue weighted by atomic mass is 9.79. The van der Waals surface area contributed by atoms with E-state index in [1.807, 2.05) is 30.3 Å². The van der Waals surface area contributed by atoms with E-state index in [2.05, 4.69) is 21.9 Å².